The van der Waals surface area contributed by atoms with Gasteiger partial charge >= 0.3 is 5.97 Å². The normalized spacial score (nSPS) is 14.0. The predicted octanol–water partition coefficient (Wildman–Crippen LogP) is 12.6. The predicted molar refractivity (Wildman–Crippen MR) is 227 cm³/mol. The van der Waals surface area contributed by atoms with E-state index in [4.69, 9.17) is 18.5 Å². The highest BCUT2D eigenvalue weighted by Crippen LogP contribution is 2.38. The molecule has 0 heterocycles. The van der Waals surface area contributed by atoms with Gasteiger partial charge in [0.15, 0.2) is 0 Å². The van der Waals surface area contributed by atoms with Crippen LogP contribution in [0.25, 0.3) is 0 Å². The molecule has 0 aromatic carbocycles. The Labute approximate surface area is 334 Å². The van der Waals surface area contributed by atoms with Crippen molar-refractivity contribution in [3.8, 4) is 0 Å². The number of hydrogen-bond donors (Lipinski definition) is 0. The molecule has 0 fully saturated rings. The fraction of sp³-hybridized carbons (Fsp3) is 0.889. The van der Waals surface area contributed by atoms with Gasteiger partial charge in [0.2, 0.25) is 0 Å². The summed E-state index contributed by atoms with van der Waals surface area (Å²) in [7, 11) is 1.35. The van der Waals surface area contributed by atoms with E-state index in [1.807, 2.05) is 21.1 Å². The molecule has 0 rings (SSSR count). The third kappa shape index (κ3) is 42.1. The minimum Gasteiger partial charge on any atom is -0.756 e. The molecule has 320 valence electrons. The van der Waals surface area contributed by atoms with Crippen LogP contribution >= 0.6 is 7.82 Å². The molecule has 2 unspecified atom stereocenters. The molecule has 54 heavy (non-hydrogen) atoms. The van der Waals surface area contributed by atoms with Crippen LogP contribution in [0.1, 0.15) is 200 Å². The monoisotopic (exact) mass is 786 g/mol. The van der Waals surface area contributed by atoms with Crippen LogP contribution < -0.4 is 4.89 Å². The highest BCUT2D eigenvalue weighted by atomic mass is 31.2. The van der Waals surface area contributed by atoms with Gasteiger partial charge in [-0.05, 0) is 64.2 Å². The molecule has 0 radical (unpaired) electrons. The van der Waals surface area contributed by atoms with E-state index in [0.29, 0.717) is 24.1 Å². The van der Waals surface area contributed by atoms with E-state index in [-0.39, 0.29) is 25.8 Å². The topological polar surface area (TPSA) is 94.1 Å². The summed E-state index contributed by atoms with van der Waals surface area (Å²) in [6, 6.07) is 0. The summed E-state index contributed by atoms with van der Waals surface area (Å²) < 4.78 is 34.6. The zero-order valence-electron chi connectivity index (χ0n) is 36.2. The number of nitrogens with zero attached hydrogens (tertiary/aromatic N) is 1. The van der Waals surface area contributed by atoms with Crippen molar-refractivity contribution in [3.63, 3.8) is 0 Å². The van der Waals surface area contributed by atoms with E-state index in [1.54, 1.807) is 0 Å². The van der Waals surface area contributed by atoms with Crippen molar-refractivity contribution in [2.45, 2.75) is 206 Å². The molecule has 0 aromatic rings. The molecule has 0 aliphatic carbocycles. The van der Waals surface area contributed by atoms with Gasteiger partial charge in [-0.2, -0.15) is 0 Å². The Bertz CT molecular complexity index is 920. The van der Waals surface area contributed by atoms with Crippen molar-refractivity contribution in [1.29, 1.82) is 0 Å². The molecule has 8 nitrogen and oxygen atoms in total. The van der Waals surface area contributed by atoms with Gasteiger partial charge in [0.1, 0.15) is 19.3 Å². The summed E-state index contributed by atoms with van der Waals surface area (Å²) in [6.45, 7) is 5.39. The number of quaternary nitrogens is 1. The number of carbonyl (C=O) groups excluding carboxylic acids is 1. The van der Waals surface area contributed by atoms with E-state index < -0.39 is 13.9 Å². The quantitative estimate of drug-likeness (QED) is 0.0200. The van der Waals surface area contributed by atoms with Crippen LogP contribution in [0.4, 0.5) is 0 Å². The molecule has 0 spiro atoms. The number of phosphoric ester groups is 1. The zero-order chi connectivity index (χ0) is 39.9. The number of hydrogen-bond acceptors (Lipinski definition) is 7. The first-order valence-electron chi connectivity index (χ1n) is 22.6. The van der Waals surface area contributed by atoms with Gasteiger partial charge in [0.25, 0.3) is 7.82 Å². The Morgan fingerprint density at radius 2 is 0.963 bits per heavy atom. The van der Waals surface area contributed by atoms with E-state index in [1.165, 1.54) is 135 Å². The molecule has 0 aliphatic heterocycles. The summed E-state index contributed by atoms with van der Waals surface area (Å²) in [5, 5.41) is 0. The van der Waals surface area contributed by atoms with Crippen LogP contribution in [0.3, 0.4) is 0 Å². The van der Waals surface area contributed by atoms with Crippen LogP contribution in [0.5, 0.6) is 0 Å². The molecule has 0 aliphatic rings. The van der Waals surface area contributed by atoms with Gasteiger partial charge in [-0.15, -0.1) is 0 Å². The lowest BCUT2D eigenvalue weighted by Gasteiger charge is -2.28. The molecule has 0 saturated carbocycles. The Morgan fingerprint density at radius 3 is 1.43 bits per heavy atom. The second kappa shape index (κ2) is 38.8. The van der Waals surface area contributed by atoms with Crippen molar-refractivity contribution in [2.75, 3.05) is 54.1 Å². The summed E-state index contributed by atoms with van der Waals surface area (Å²) in [6.07, 6.45) is 43.3. The SMILES string of the molecule is CCCCCC/C=C\CCCCCCCC(=O)OC(COCCCCCCCCCC/C=C\CCCCCCCCC)COP(=O)([O-])OCC[N+](C)(C)C. The Morgan fingerprint density at radius 1 is 0.556 bits per heavy atom. The molecular weight excluding hydrogens is 697 g/mol. The van der Waals surface area contributed by atoms with Gasteiger partial charge in [-0.1, -0.05) is 154 Å². The van der Waals surface area contributed by atoms with Crippen molar-refractivity contribution in [2.24, 2.45) is 0 Å². The number of allylic oxidation sites excluding steroid dienone is 4. The maximum atomic E-state index is 12.7. The number of unbranched alkanes of at least 4 members (excludes halogenated alkanes) is 24. The number of rotatable bonds is 42. The van der Waals surface area contributed by atoms with Crippen LogP contribution in [0.15, 0.2) is 24.3 Å². The van der Waals surface area contributed by atoms with E-state index >= 15 is 0 Å². The first-order valence-corrected chi connectivity index (χ1v) is 24.0. The molecule has 0 bridgehead atoms. The fourth-order valence-electron chi connectivity index (χ4n) is 6.18. The van der Waals surface area contributed by atoms with Gasteiger partial charge in [-0.25, -0.2) is 0 Å². The second-order valence-electron chi connectivity index (χ2n) is 16.4. The van der Waals surface area contributed by atoms with E-state index in [9.17, 15) is 14.3 Å². The average molecular weight is 786 g/mol. The third-order valence-electron chi connectivity index (χ3n) is 9.73. The highest BCUT2D eigenvalue weighted by Gasteiger charge is 2.20. The lowest BCUT2D eigenvalue weighted by atomic mass is 10.1. The van der Waals surface area contributed by atoms with E-state index in [0.717, 1.165) is 44.9 Å². The number of phosphoric acid groups is 1. The smallest absolute Gasteiger partial charge is 0.306 e. The van der Waals surface area contributed by atoms with Crippen LogP contribution in [0.2, 0.25) is 0 Å². The van der Waals surface area contributed by atoms with Crippen molar-refractivity contribution in [3.05, 3.63) is 24.3 Å². The molecular formula is C45H88NO7P. The second-order valence-corrected chi connectivity index (χ2v) is 17.8. The minimum atomic E-state index is -4.52. The number of ether oxygens (including phenoxy) is 2. The molecule has 0 saturated heterocycles. The number of likely N-dealkylation sites (N-methyl/N-ethyl adjacent to an activating group) is 1. The maximum absolute atomic E-state index is 12.7. The molecule has 2 atom stereocenters. The maximum Gasteiger partial charge on any atom is 0.306 e. The van der Waals surface area contributed by atoms with Crippen molar-refractivity contribution >= 4 is 13.8 Å². The fourth-order valence-corrected chi connectivity index (χ4v) is 6.91. The van der Waals surface area contributed by atoms with E-state index in [2.05, 4.69) is 38.2 Å². The first kappa shape index (κ1) is 53.0. The number of esters is 1. The molecule has 0 N–H and O–H groups in total. The van der Waals surface area contributed by atoms with Crippen LogP contribution in [0, 0.1) is 0 Å². The van der Waals surface area contributed by atoms with Crippen molar-refractivity contribution in [1.82, 2.24) is 0 Å². The Hall–Kier alpha value is -1.02. The molecule has 9 heteroatoms. The summed E-state index contributed by atoms with van der Waals surface area (Å²) in [4.78, 5) is 25.0. The van der Waals surface area contributed by atoms with Crippen LogP contribution in [-0.4, -0.2) is 70.7 Å². The lowest BCUT2D eigenvalue weighted by Crippen LogP contribution is -2.37. The third-order valence-corrected chi connectivity index (χ3v) is 10.7. The molecule has 0 aromatic heterocycles. The van der Waals surface area contributed by atoms with Crippen LogP contribution in [-0.2, 0) is 27.9 Å². The lowest BCUT2D eigenvalue weighted by molar-refractivity contribution is -0.870. The zero-order valence-corrected chi connectivity index (χ0v) is 37.1. The summed E-state index contributed by atoms with van der Waals surface area (Å²) in [5.74, 6) is -0.343. The standard InChI is InChI=1S/C45H88NO7P/c1-6-8-10-12-14-16-18-20-21-22-23-24-25-27-29-31-33-35-37-40-50-42-44(43-52-54(48,49)51-41-39-46(3,4)5)53-45(47)38-36-34-32-30-28-26-19-17-15-13-11-9-7-2/h17,19,21-22,44H,6-16,18,20,23-43H2,1-5H3/b19-17-,22-21-. The number of carbonyl (C=O) groups is 1. The van der Waals surface area contributed by atoms with Gasteiger partial charge in [-0.3, -0.25) is 9.36 Å². The summed E-state index contributed by atoms with van der Waals surface area (Å²) >= 11 is 0. The summed E-state index contributed by atoms with van der Waals surface area (Å²) in [5.41, 5.74) is 0. The minimum absolute atomic E-state index is 0.0251. The highest BCUT2D eigenvalue weighted by molar-refractivity contribution is 7.45. The molecule has 0 amide bonds. The van der Waals surface area contributed by atoms with Gasteiger partial charge < -0.3 is 27.9 Å². The van der Waals surface area contributed by atoms with Gasteiger partial charge in [0.05, 0.1) is 34.4 Å². The largest absolute Gasteiger partial charge is 0.756 e. The Balaban J connectivity index is 4.19. The van der Waals surface area contributed by atoms with Gasteiger partial charge in [0, 0.05) is 13.0 Å². The first-order chi connectivity index (χ1) is 26.1. The average Bonchev–Trinajstić information content (AvgIpc) is 3.12. The Kier molecular flexibility index (Phi) is 38.1. The van der Waals surface area contributed by atoms with Crippen molar-refractivity contribution < 1.29 is 37.3 Å².